The molecule has 1 N–H and O–H groups in total. The van der Waals surface area contributed by atoms with Crippen molar-refractivity contribution in [2.24, 2.45) is 0 Å². The van der Waals surface area contributed by atoms with Crippen LogP contribution in [0.2, 0.25) is 0 Å². The number of sulfonamides is 1. The Kier molecular flexibility index (Phi) is 5.45. The van der Waals surface area contributed by atoms with Crippen LogP contribution in [0.25, 0.3) is 0 Å². The van der Waals surface area contributed by atoms with Crippen molar-refractivity contribution in [3.63, 3.8) is 0 Å². The Hall–Kier alpha value is -0.800. The molecule has 0 saturated carbocycles. The van der Waals surface area contributed by atoms with Gasteiger partial charge in [-0.05, 0) is 34.1 Å². The second-order valence-corrected chi connectivity index (χ2v) is 7.37. The van der Waals surface area contributed by atoms with Crippen LogP contribution in [0.15, 0.2) is 22.7 Å². The van der Waals surface area contributed by atoms with Crippen LogP contribution in [0.5, 0.6) is 0 Å². The summed E-state index contributed by atoms with van der Waals surface area (Å²) in [5.74, 6) is -0.145. The number of alkyl halides is 3. The highest BCUT2D eigenvalue weighted by Gasteiger charge is 2.30. The van der Waals surface area contributed by atoms with Gasteiger partial charge in [0.2, 0.25) is 10.0 Å². The van der Waals surface area contributed by atoms with Crippen LogP contribution in [0.4, 0.5) is 18.9 Å². The molecule has 1 aromatic rings. The predicted molar refractivity (Wildman–Crippen MR) is 75.1 cm³/mol. The Bertz CT molecular complexity index is 574. The minimum Gasteiger partial charge on any atom is -0.383 e. The third-order valence-corrected chi connectivity index (χ3v) is 5.02. The van der Waals surface area contributed by atoms with Crippen LogP contribution in [0.3, 0.4) is 0 Å². The molecule has 0 unspecified atom stereocenters. The highest BCUT2D eigenvalue weighted by atomic mass is 79.9. The van der Waals surface area contributed by atoms with E-state index in [9.17, 15) is 21.6 Å². The van der Waals surface area contributed by atoms with Gasteiger partial charge in [-0.25, -0.2) is 12.7 Å². The number of nitrogens with zero attached hydrogens (tertiary/aromatic N) is 1. The third-order valence-electron chi connectivity index (χ3n) is 2.53. The summed E-state index contributed by atoms with van der Waals surface area (Å²) in [7, 11) is -0.497. The number of benzene rings is 1. The van der Waals surface area contributed by atoms with Gasteiger partial charge in [0.05, 0.1) is 11.3 Å². The zero-order valence-electron chi connectivity index (χ0n) is 10.8. The van der Waals surface area contributed by atoms with Gasteiger partial charge >= 0.3 is 6.18 Å². The average molecular weight is 375 g/mol. The summed E-state index contributed by atoms with van der Waals surface area (Å²) in [4.78, 5) is 0. The molecule has 9 heteroatoms. The number of anilines is 1. The SMILES string of the molecule is CN(C)S(=O)(=O)CCNc1ccc(C(F)(F)F)cc1Br. The van der Waals surface area contributed by atoms with Gasteiger partial charge in [-0.1, -0.05) is 0 Å². The Balaban J connectivity index is 2.72. The predicted octanol–water partition coefficient (Wildman–Crippen LogP) is 2.77. The minimum atomic E-state index is -4.41. The molecule has 0 fully saturated rings. The number of halogens is 4. The van der Waals surface area contributed by atoms with E-state index in [4.69, 9.17) is 0 Å². The lowest BCUT2D eigenvalue weighted by Gasteiger charge is -2.14. The Morgan fingerprint density at radius 1 is 1.30 bits per heavy atom. The lowest BCUT2D eigenvalue weighted by atomic mass is 10.2. The Morgan fingerprint density at radius 2 is 1.90 bits per heavy atom. The second-order valence-electron chi connectivity index (χ2n) is 4.22. The van der Waals surface area contributed by atoms with Crippen LogP contribution < -0.4 is 5.32 Å². The van der Waals surface area contributed by atoms with Crippen molar-refractivity contribution >= 4 is 31.6 Å². The molecule has 1 rings (SSSR count). The first-order valence-corrected chi connectivity index (χ1v) is 7.95. The van der Waals surface area contributed by atoms with Crippen molar-refractivity contribution in [1.82, 2.24) is 4.31 Å². The summed E-state index contributed by atoms with van der Waals surface area (Å²) in [5.41, 5.74) is -0.359. The van der Waals surface area contributed by atoms with Crippen LogP contribution in [0, 0.1) is 0 Å². The van der Waals surface area contributed by atoms with Gasteiger partial charge in [0.1, 0.15) is 0 Å². The maximum atomic E-state index is 12.5. The molecule has 0 atom stereocenters. The lowest BCUT2D eigenvalue weighted by molar-refractivity contribution is -0.137. The van der Waals surface area contributed by atoms with Gasteiger partial charge in [0.25, 0.3) is 0 Å². The van der Waals surface area contributed by atoms with E-state index in [0.29, 0.717) is 5.69 Å². The summed E-state index contributed by atoms with van der Waals surface area (Å²) in [6.07, 6.45) is -4.41. The number of nitrogens with one attached hydrogen (secondary N) is 1. The smallest absolute Gasteiger partial charge is 0.383 e. The molecule has 1 aromatic carbocycles. The van der Waals surface area contributed by atoms with E-state index in [-0.39, 0.29) is 16.8 Å². The first-order valence-electron chi connectivity index (χ1n) is 5.55. The highest BCUT2D eigenvalue weighted by Crippen LogP contribution is 2.33. The fourth-order valence-electron chi connectivity index (χ4n) is 1.33. The zero-order chi connectivity index (χ0) is 15.6. The fraction of sp³-hybridized carbons (Fsp3) is 0.455. The van der Waals surface area contributed by atoms with Crippen molar-refractivity contribution < 1.29 is 21.6 Å². The van der Waals surface area contributed by atoms with Crippen molar-refractivity contribution in [3.05, 3.63) is 28.2 Å². The molecule has 0 aromatic heterocycles. The second kappa shape index (κ2) is 6.31. The average Bonchev–Trinajstić information content (AvgIpc) is 2.29. The standard InChI is InChI=1S/C11H14BrF3N2O2S/c1-17(2)20(18,19)6-5-16-10-4-3-8(7-9(10)12)11(13,14)15/h3-4,7,16H,5-6H2,1-2H3. The normalized spacial score (nSPS) is 12.8. The van der Waals surface area contributed by atoms with Gasteiger partial charge in [-0.3, -0.25) is 0 Å². The third kappa shape index (κ3) is 4.64. The monoisotopic (exact) mass is 374 g/mol. The molecule has 0 aliphatic rings. The van der Waals surface area contributed by atoms with E-state index in [2.05, 4.69) is 21.2 Å². The van der Waals surface area contributed by atoms with Crippen LogP contribution in [-0.4, -0.2) is 39.1 Å². The molecule has 20 heavy (non-hydrogen) atoms. The van der Waals surface area contributed by atoms with Crippen molar-refractivity contribution in [2.75, 3.05) is 31.7 Å². The van der Waals surface area contributed by atoms with Crippen LogP contribution >= 0.6 is 15.9 Å². The first-order chi connectivity index (χ1) is 9.04. The molecule has 0 amide bonds. The van der Waals surface area contributed by atoms with Crippen LogP contribution in [-0.2, 0) is 16.2 Å². The van der Waals surface area contributed by atoms with Crippen molar-refractivity contribution in [2.45, 2.75) is 6.18 Å². The van der Waals surface area contributed by atoms with Crippen molar-refractivity contribution in [3.8, 4) is 0 Å². The molecule has 0 aliphatic carbocycles. The van der Waals surface area contributed by atoms with E-state index in [0.717, 1.165) is 16.4 Å². The van der Waals surface area contributed by atoms with Gasteiger partial charge in [-0.2, -0.15) is 13.2 Å². The van der Waals surface area contributed by atoms with Gasteiger partial charge in [0, 0.05) is 30.8 Å². The maximum absolute atomic E-state index is 12.5. The zero-order valence-corrected chi connectivity index (χ0v) is 13.2. The fourth-order valence-corrected chi connectivity index (χ4v) is 2.58. The van der Waals surface area contributed by atoms with Crippen molar-refractivity contribution in [1.29, 1.82) is 0 Å². The van der Waals surface area contributed by atoms with Gasteiger partial charge < -0.3 is 5.32 Å². The lowest BCUT2D eigenvalue weighted by Crippen LogP contribution is -2.28. The highest BCUT2D eigenvalue weighted by molar-refractivity contribution is 9.10. The van der Waals surface area contributed by atoms with E-state index < -0.39 is 21.8 Å². The number of rotatable bonds is 5. The van der Waals surface area contributed by atoms with Gasteiger partial charge in [-0.15, -0.1) is 0 Å². The topological polar surface area (TPSA) is 49.4 Å². The molecule has 0 saturated heterocycles. The molecule has 4 nitrogen and oxygen atoms in total. The van der Waals surface area contributed by atoms with Crippen LogP contribution in [0.1, 0.15) is 5.56 Å². The largest absolute Gasteiger partial charge is 0.416 e. The molecule has 0 spiro atoms. The molecule has 114 valence electrons. The number of hydrogen-bond acceptors (Lipinski definition) is 3. The maximum Gasteiger partial charge on any atom is 0.416 e. The number of hydrogen-bond donors (Lipinski definition) is 1. The molecule has 0 aliphatic heterocycles. The summed E-state index contributed by atoms with van der Waals surface area (Å²) >= 11 is 3.03. The molecule has 0 bridgehead atoms. The summed E-state index contributed by atoms with van der Waals surface area (Å²) in [6, 6.07) is 3.14. The quantitative estimate of drug-likeness (QED) is 0.861. The Morgan fingerprint density at radius 3 is 2.35 bits per heavy atom. The summed E-state index contributed by atoms with van der Waals surface area (Å²) in [5, 5.41) is 2.78. The Labute approximate surface area is 124 Å². The molecule has 0 heterocycles. The minimum absolute atomic E-state index is 0.102. The molecular weight excluding hydrogens is 361 g/mol. The van der Waals surface area contributed by atoms with Gasteiger partial charge in [0.15, 0.2) is 0 Å². The summed E-state index contributed by atoms with van der Waals surface area (Å²) < 4.78 is 61.8. The van der Waals surface area contributed by atoms with E-state index in [1.54, 1.807) is 0 Å². The van der Waals surface area contributed by atoms with E-state index in [1.807, 2.05) is 0 Å². The molecule has 0 radical (unpaired) electrons. The first kappa shape index (κ1) is 17.3. The van der Waals surface area contributed by atoms with E-state index in [1.165, 1.54) is 20.2 Å². The summed E-state index contributed by atoms with van der Waals surface area (Å²) in [6.45, 7) is 0.102. The molecular formula is C11H14BrF3N2O2S. The van der Waals surface area contributed by atoms with E-state index >= 15 is 0 Å².